The molecule has 2 rings (SSSR count). The second-order valence-corrected chi connectivity index (χ2v) is 4.73. The van der Waals surface area contributed by atoms with Gasteiger partial charge in [-0.1, -0.05) is 0 Å². The zero-order chi connectivity index (χ0) is 17.1. The van der Waals surface area contributed by atoms with E-state index in [1.807, 2.05) is 0 Å². The average Bonchev–Trinajstić information content (AvgIpc) is 3.12. The summed E-state index contributed by atoms with van der Waals surface area (Å²) in [4.78, 5) is 34.7. The summed E-state index contributed by atoms with van der Waals surface area (Å²) in [5, 5.41) is 10.6. The van der Waals surface area contributed by atoms with Gasteiger partial charge in [0.05, 0.1) is 19.7 Å². The van der Waals surface area contributed by atoms with E-state index in [9.17, 15) is 19.7 Å². The van der Waals surface area contributed by atoms with Gasteiger partial charge in [0.1, 0.15) is 22.0 Å². The van der Waals surface area contributed by atoms with Crippen molar-refractivity contribution in [2.45, 2.75) is 13.5 Å². The second-order valence-electron chi connectivity index (χ2n) is 4.73. The molecular formula is C14H14N2O7. The Bertz CT molecular complexity index is 759. The number of furan rings is 2. The third-order valence-electron chi connectivity index (χ3n) is 3.10. The third kappa shape index (κ3) is 3.39. The molecule has 2 aromatic rings. The van der Waals surface area contributed by atoms with Gasteiger partial charge in [-0.25, -0.2) is 4.79 Å². The van der Waals surface area contributed by atoms with E-state index in [4.69, 9.17) is 8.83 Å². The molecule has 0 aliphatic heterocycles. The summed E-state index contributed by atoms with van der Waals surface area (Å²) in [7, 11) is 2.74. The van der Waals surface area contributed by atoms with Gasteiger partial charge in [0.25, 0.3) is 5.91 Å². The SMILES string of the molecule is COC(=O)c1cc(CN(C)C(=O)c2ccc([N+](=O)[O-])o2)oc1C. The molecule has 0 fully saturated rings. The number of carbonyl (C=O) groups excluding carboxylic acids is 2. The van der Waals surface area contributed by atoms with Crippen LogP contribution in [-0.2, 0) is 11.3 Å². The topological polar surface area (TPSA) is 116 Å². The molecular weight excluding hydrogens is 308 g/mol. The van der Waals surface area contributed by atoms with Gasteiger partial charge >= 0.3 is 11.9 Å². The molecule has 0 saturated carbocycles. The van der Waals surface area contributed by atoms with Crippen LogP contribution in [0.4, 0.5) is 5.88 Å². The van der Waals surface area contributed by atoms with E-state index in [-0.39, 0.29) is 17.9 Å². The van der Waals surface area contributed by atoms with Crippen molar-refractivity contribution in [2.24, 2.45) is 0 Å². The van der Waals surface area contributed by atoms with Crippen molar-refractivity contribution in [1.29, 1.82) is 0 Å². The standard InChI is InChI=1S/C14H14N2O7/c1-8-10(14(18)21-3)6-9(22-8)7-15(2)13(17)11-4-5-12(23-11)16(19)20/h4-6H,7H2,1-3H3. The number of hydrogen-bond acceptors (Lipinski definition) is 7. The number of hydrogen-bond donors (Lipinski definition) is 0. The second kappa shape index (κ2) is 6.34. The number of carbonyl (C=O) groups is 2. The summed E-state index contributed by atoms with van der Waals surface area (Å²) in [5.41, 5.74) is 0.275. The minimum Gasteiger partial charge on any atom is -0.465 e. The Morgan fingerprint density at radius 3 is 2.61 bits per heavy atom. The molecule has 2 aromatic heterocycles. The van der Waals surface area contributed by atoms with Gasteiger partial charge in [-0.05, 0) is 19.1 Å². The lowest BCUT2D eigenvalue weighted by atomic mass is 10.2. The first-order chi connectivity index (χ1) is 10.8. The van der Waals surface area contributed by atoms with Gasteiger partial charge in [0.15, 0.2) is 5.76 Å². The van der Waals surface area contributed by atoms with Crippen LogP contribution in [0.2, 0.25) is 0 Å². The molecule has 122 valence electrons. The van der Waals surface area contributed by atoms with E-state index >= 15 is 0 Å². The van der Waals surface area contributed by atoms with Crippen molar-refractivity contribution in [3.8, 4) is 0 Å². The van der Waals surface area contributed by atoms with E-state index in [1.54, 1.807) is 6.92 Å². The molecule has 0 atom stereocenters. The van der Waals surface area contributed by atoms with Crippen LogP contribution in [0.1, 0.15) is 32.4 Å². The monoisotopic (exact) mass is 322 g/mol. The number of ether oxygens (including phenoxy) is 1. The molecule has 9 heteroatoms. The number of rotatable bonds is 5. The summed E-state index contributed by atoms with van der Waals surface area (Å²) < 4.78 is 14.9. The van der Waals surface area contributed by atoms with Gasteiger partial charge in [-0.15, -0.1) is 0 Å². The first-order valence-corrected chi connectivity index (χ1v) is 6.50. The summed E-state index contributed by atoms with van der Waals surface area (Å²) in [6.07, 6.45) is 0. The first-order valence-electron chi connectivity index (χ1n) is 6.50. The molecule has 23 heavy (non-hydrogen) atoms. The summed E-state index contributed by atoms with van der Waals surface area (Å²) in [6, 6.07) is 3.81. The van der Waals surface area contributed by atoms with Crippen LogP contribution in [0.5, 0.6) is 0 Å². The highest BCUT2D eigenvalue weighted by atomic mass is 16.6. The fourth-order valence-electron chi connectivity index (χ4n) is 1.97. The molecule has 0 aliphatic rings. The lowest BCUT2D eigenvalue weighted by Crippen LogP contribution is -2.25. The number of nitrogens with zero attached hydrogens (tertiary/aromatic N) is 2. The van der Waals surface area contributed by atoms with E-state index in [2.05, 4.69) is 4.74 Å². The lowest BCUT2D eigenvalue weighted by molar-refractivity contribution is -0.402. The van der Waals surface area contributed by atoms with Gasteiger partial charge in [-0.2, -0.15) is 0 Å². The van der Waals surface area contributed by atoms with Crippen molar-refractivity contribution in [3.63, 3.8) is 0 Å². The largest absolute Gasteiger partial charge is 0.465 e. The van der Waals surface area contributed by atoms with Crippen molar-refractivity contribution in [2.75, 3.05) is 14.2 Å². The number of amides is 1. The van der Waals surface area contributed by atoms with Crippen molar-refractivity contribution < 1.29 is 28.1 Å². The molecule has 0 spiro atoms. The van der Waals surface area contributed by atoms with Crippen LogP contribution in [0.25, 0.3) is 0 Å². The Labute approximate surface area is 130 Å². The normalized spacial score (nSPS) is 10.4. The van der Waals surface area contributed by atoms with E-state index < -0.39 is 22.7 Å². The minimum atomic E-state index is -0.727. The molecule has 0 radical (unpaired) electrons. The summed E-state index contributed by atoms with van der Waals surface area (Å²) in [6.45, 7) is 1.67. The summed E-state index contributed by atoms with van der Waals surface area (Å²) in [5.74, 6) is -1.000. The van der Waals surface area contributed by atoms with Crippen LogP contribution in [-0.4, -0.2) is 35.9 Å². The van der Waals surface area contributed by atoms with E-state index in [0.717, 1.165) is 6.07 Å². The molecule has 0 unspecified atom stereocenters. The maximum Gasteiger partial charge on any atom is 0.433 e. The van der Waals surface area contributed by atoms with Gasteiger partial charge in [0, 0.05) is 7.05 Å². The van der Waals surface area contributed by atoms with Crippen molar-refractivity contribution >= 4 is 17.8 Å². The molecule has 9 nitrogen and oxygen atoms in total. The van der Waals surface area contributed by atoms with E-state index in [1.165, 1.54) is 31.2 Å². The lowest BCUT2D eigenvalue weighted by Gasteiger charge is -2.13. The van der Waals surface area contributed by atoms with Crippen molar-refractivity contribution in [3.05, 3.63) is 51.2 Å². The van der Waals surface area contributed by atoms with Crippen LogP contribution in [0.3, 0.4) is 0 Å². The molecule has 1 amide bonds. The Kier molecular flexibility index (Phi) is 4.49. The summed E-state index contributed by atoms with van der Waals surface area (Å²) >= 11 is 0. The molecule has 0 bridgehead atoms. The first kappa shape index (κ1) is 16.3. The predicted octanol–water partition coefficient (Wildman–Crippen LogP) is 2.15. The van der Waals surface area contributed by atoms with Gasteiger partial charge in [-0.3, -0.25) is 14.9 Å². The quantitative estimate of drug-likeness (QED) is 0.470. The van der Waals surface area contributed by atoms with Gasteiger partial charge in [0.2, 0.25) is 0 Å². The zero-order valence-corrected chi connectivity index (χ0v) is 12.7. The van der Waals surface area contributed by atoms with Crippen LogP contribution < -0.4 is 0 Å². The highest BCUT2D eigenvalue weighted by Gasteiger charge is 2.22. The zero-order valence-electron chi connectivity index (χ0n) is 12.7. The predicted molar refractivity (Wildman–Crippen MR) is 75.9 cm³/mol. The molecule has 0 N–H and O–H groups in total. The number of methoxy groups -OCH3 is 1. The smallest absolute Gasteiger partial charge is 0.433 e. The minimum absolute atomic E-state index is 0.0607. The number of esters is 1. The molecule has 0 saturated heterocycles. The molecule has 0 aromatic carbocycles. The maximum absolute atomic E-state index is 12.1. The fraction of sp³-hybridized carbons (Fsp3) is 0.286. The molecule has 0 aliphatic carbocycles. The van der Waals surface area contributed by atoms with E-state index in [0.29, 0.717) is 11.5 Å². The number of nitro groups is 1. The van der Waals surface area contributed by atoms with Gasteiger partial charge < -0.3 is 18.5 Å². The molecule has 2 heterocycles. The average molecular weight is 322 g/mol. The maximum atomic E-state index is 12.1. The Balaban J connectivity index is 2.11. The highest BCUT2D eigenvalue weighted by Crippen LogP contribution is 2.20. The highest BCUT2D eigenvalue weighted by molar-refractivity contribution is 5.92. The van der Waals surface area contributed by atoms with Crippen LogP contribution >= 0.6 is 0 Å². The fourth-order valence-corrected chi connectivity index (χ4v) is 1.97. The van der Waals surface area contributed by atoms with Crippen LogP contribution in [0.15, 0.2) is 27.0 Å². The Morgan fingerprint density at radius 2 is 2.04 bits per heavy atom. The van der Waals surface area contributed by atoms with Crippen LogP contribution in [0, 0.1) is 17.0 Å². The Morgan fingerprint density at radius 1 is 1.35 bits per heavy atom. The Hall–Kier alpha value is -3.10. The third-order valence-corrected chi connectivity index (χ3v) is 3.10. The number of aryl methyl sites for hydroxylation is 1. The van der Waals surface area contributed by atoms with Crippen molar-refractivity contribution in [1.82, 2.24) is 4.90 Å².